The summed E-state index contributed by atoms with van der Waals surface area (Å²) in [6.07, 6.45) is 3.64. The summed E-state index contributed by atoms with van der Waals surface area (Å²) in [6, 6.07) is 9.10. The number of pyridine rings is 1. The van der Waals surface area contributed by atoms with Gasteiger partial charge in [0.05, 0.1) is 0 Å². The molecule has 1 N–H and O–H groups in total. The fourth-order valence-electron chi connectivity index (χ4n) is 2.52. The van der Waals surface area contributed by atoms with E-state index in [1.54, 1.807) is 6.07 Å². The quantitative estimate of drug-likeness (QED) is 0.864. The van der Waals surface area contributed by atoms with Gasteiger partial charge in [-0.3, -0.25) is 4.98 Å². The topological polar surface area (TPSA) is 24.9 Å². The van der Waals surface area contributed by atoms with Crippen molar-refractivity contribution in [3.05, 3.63) is 64.7 Å². The van der Waals surface area contributed by atoms with Crippen molar-refractivity contribution in [2.45, 2.75) is 39.7 Å². The molecule has 1 atom stereocenters. The zero-order chi connectivity index (χ0) is 15.2. The molecule has 0 spiro atoms. The van der Waals surface area contributed by atoms with Gasteiger partial charge in [0.2, 0.25) is 0 Å². The van der Waals surface area contributed by atoms with E-state index in [0.29, 0.717) is 0 Å². The molecule has 0 aliphatic carbocycles. The maximum absolute atomic E-state index is 13.6. The summed E-state index contributed by atoms with van der Waals surface area (Å²) >= 11 is 0. The Morgan fingerprint density at radius 1 is 1.19 bits per heavy atom. The molecule has 0 aliphatic heterocycles. The molecule has 0 saturated carbocycles. The predicted molar refractivity (Wildman–Crippen MR) is 84.8 cm³/mol. The van der Waals surface area contributed by atoms with Gasteiger partial charge >= 0.3 is 0 Å². The van der Waals surface area contributed by atoms with Crippen LogP contribution < -0.4 is 5.32 Å². The molecule has 1 unspecified atom stereocenters. The van der Waals surface area contributed by atoms with Gasteiger partial charge in [-0.1, -0.05) is 19.1 Å². The standard InChI is InChI=1S/C18H23FN2/c1-4-9-20-18(12-17-14(3)6-5-10-21-17)16-11-15(19)8-7-13(16)2/h5-8,10-11,18,20H,4,9,12H2,1-3H3. The molecule has 112 valence electrons. The molecule has 2 aromatic rings. The zero-order valence-corrected chi connectivity index (χ0v) is 13.0. The lowest BCUT2D eigenvalue weighted by Crippen LogP contribution is -2.25. The lowest BCUT2D eigenvalue weighted by molar-refractivity contribution is 0.516. The molecule has 0 bridgehead atoms. The average Bonchev–Trinajstić information content (AvgIpc) is 2.48. The second-order valence-electron chi connectivity index (χ2n) is 5.48. The van der Waals surface area contributed by atoms with Gasteiger partial charge in [-0.15, -0.1) is 0 Å². The summed E-state index contributed by atoms with van der Waals surface area (Å²) < 4.78 is 13.6. The van der Waals surface area contributed by atoms with Crippen LogP contribution in [0, 0.1) is 19.7 Å². The average molecular weight is 286 g/mol. The maximum Gasteiger partial charge on any atom is 0.123 e. The number of aromatic nitrogens is 1. The molecule has 1 aromatic heterocycles. The number of hydrogen-bond donors (Lipinski definition) is 1. The zero-order valence-electron chi connectivity index (χ0n) is 13.0. The van der Waals surface area contributed by atoms with Gasteiger partial charge in [-0.2, -0.15) is 0 Å². The van der Waals surface area contributed by atoms with Crippen molar-refractivity contribution < 1.29 is 4.39 Å². The van der Waals surface area contributed by atoms with Crippen LogP contribution in [-0.4, -0.2) is 11.5 Å². The largest absolute Gasteiger partial charge is 0.310 e. The molecule has 0 aliphatic rings. The Labute approximate surface area is 126 Å². The Balaban J connectivity index is 2.30. The van der Waals surface area contributed by atoms with E-state index in [9.17, 15) is 4.39 Å². The molecular weight excluding hydrogens is 263 g/mol. The normalized spacial score (nSPS) is 12.4. The van der Waals surface area contributed by atoms with Crippen molar-refractivity contribution in [3.63, 3.8) is 0 Å². The Hall–Kier alpha value is -1.74. The number of nitrogens with one attached hydrogen (secondary N) is 1. The number of hydrogen-bond acceptors (Lipinski definition) is 2. The van der Waals surface area contributed by atoms with Crippen molar-refractivity contribution in [1.82, 2.24) is 10.3 Å². The Morgan fingerprint density at radius 2 is 2.00 bits per heavy atom. The lowest BCUT2D eigenvalue weighted by Gasteiger charge is -2.21. The van der Waals surface area contributed by atoms with Crippen LogP contribution in [0.15, 0.2) is 36.5 Å². The van der Waals surface area contributed by atoms with Crippen molar-refractivity contribution in [2.75, 3.05) is 6.54 Å². The molecule has 2 rings (SSSR count). The molecule has 1 heterocycles. The van der Waals surface area contributed by atoms with E-state index >= 15 is 0 Å². The first-order valence-electron chi connectivity index (χ1n) is 7.51. The molecule has 0 saturated heterocycles. The number of nitrogens with zero attached hydrogens (tertiary/aromatic N) is 1. The summed E-state index contributed by atoms with van der Waals surface area (Å²) in [5.74, 6) is -0.184. The number of rotatable bonds is 6. The van der Waals surface area contributed by atoms with Crippen LogP contribution in [0.5, 0.6) is 0 Å². The Morgan fingerprint density at radius 3 is 2.71 bits per heavy atom. The molecule has 3 heteroatoms. The molecule has 0 radical (unpaired) electrons. The second-order valence-corrected chi connectivity index (χ2v) is 5.48. The Kier molecular flexibility index (Phi) is 5.45. The van der Waals surface area contributed by atoms with Gasteiger partial charge in [0, 0.05) is 24.4 Å². The van der Waals surface area contributed by atoms with Crippen molar-refractivity contribution in [1.29, 1.82) is 0 Å². The Bertz CT molecular complexity index is 596. The van der Waals surface area contributed by atoms with Crippen molar-refractivity contribution in [2.24, 2.45) is 0 Å². The van der Waals surface area contributed by atoms with Crippen molar-refractivity contribution in [3.8, 4) is 0 Å². The van der Waals surface area contributed by atoms with Crippen LogP contribution in [0.3, 0.4) is 0 Å². The third-order valence-corrected chi connectivity index (χ3v) is 3.77. The highest BCUT2D eigenvalue weighted by molar-refractivity contribution is 5.31. The van der Waals surface area contributed by atoms with E-state index in [0.717, 1.165) is 36.2 Å². The summed E-state index contributed by atoms with van der Waals surface area (Å²) in [4.78, 5) is 4.47. The van der Waals surface area contributed by atoms with Crippen LogP contribution in [0.1, 0.15) is 41.8 Å². The lowest BCUT2D eigenvalue weighted by atomic mass is 9.95. The molecule has 0 amide bonds. The van der Waals surface area contributed by atoms with Crippen LogP contribution in [-0.2, 0) is 6.42 Å². The summed E-state index contributed by atoms with van der Waals surface area (Å²) in [7, 11) is 0. The monoisotopic (exact) mass is 286 g/mol. The van der Waals surface area contributed by atoms with Crippen LogP contribution >= 0.6 is 0 Å². The molecule has 0 fully saturated rings. The van der Waals surface area contributed by atoms with E-state index in [1.165, 1.54) is 11.6 Å². The van der Waals surface area contributed by atoms with E-state index in [-0.39, 0.29) is 11.9 Å². The summed E-state index contributed by atoms with van der Waals surface area (Å²) in [5, 5.41) is 3.52. The van der Waals surface area contributed by atoms with Gasteiger partial charge < -0.3 is 5.32 Å². The fourth-order valence-corrected chi connectivity index (χ4v) is 2.52. The number of aryl methyl sites for hydroxylation is 2. The van der Waals surface area contributed by atoms with Gasteiger partial charge in [0.25, 0.3) is 0 Å². The van der Waals surface area contributed by atoms with Crippen LogP contribution in [0.25, 0.3) is 0 Å². The highest BCUT2D eigenvalue weighted by Crippen LogP contribution is 2.23. The van der Waals surface area contributed by atoms with E-state index in [1.807, 2.05) is 25.3 Å². The first-order valence-corrected chi connectivity index (χ1v) is 7.51. The number of benzene rings is 1. The predicted octanol–water partition coefficient (Wildman–Crippen LogP) is 4.12. The van der Waals surface area contributed by atoms with Gasteiger partial charge in [0.15, 0.2) is 0 Å². The first-order chi connectivity index (χ1) is 10.1. The van der Waals surface area contributed by atoms with Gasteiger partial charge in [-0.25, -0.2) is 4.39 Å². The minimum Gasteiger partial charge on any atom is -0.310 e. The van der Waals surface area contributed by atoms with Crippen molar-refractivity contribution >= 4 is 0 Å². The third-order valence-electron chi connectivity index (χ3n) is 3.77. The third kappa shape index (κ3) is 4.11. The SMILES string of the molecule is CCCNC(Cc1ncccc1C)c1cc(F)ccc1C. The minimum absolute atomic E-state index is 0.0919. The second kappa shape index (κ2) is 7.32. The van der Waals surface area contributed by atoms with Crippen LogP contribution in [0.2, 0.25) is 0 Å². The minimum atomic E-state index is -0.184. The number of halogens is 1. The first kappa shape index (κ1) is 15.6. The highest BCUT2D eigenvalue weighted by atomic mass is 19.1. The van der Waals surface area contributed by atoms with E-state index < -0.39 is 0 Å². The summed E-state index contributed by atoms with van der Waals surface area (Å²) in [6.45, 7) is 7.14. The van der Waals surface area contributed by atoms with Crippen LogP contribution in [0.4, 0.5) is 4.39 Å². The molecule has 1 aromatic carbocycles. The molecule has 2 nitrogen and oxygen atoms in total. The molecular formula is C18H23FN2. The maximum atomic E-state index is 13.6. The highest BCUT2D eigenvalue weighted by Gasteiger charge is 2.16. The molecule has 21 heavy (non-hydrogen) atoms. The summed E-state index contributed by atoms with van der Waals surface area (Å²) in [5.41, 5.74) is 4.37. The van der Waals surface area contributed by atoms with E-state index in [2.05, 4.69) is 30.2 Å². The smallest absolute Gasteiger partial charge is 0.123 e. The fraction of sp³-hybridized carbons (Fsp3) is 0.389. The van der Waals surface area contributed by atoms with Gasteiger partial charge in [0.1, 0.15) is 5.82 Å². The van der Waals surface area contributed by atoms with Gasteiger partial charge in [-0.05, 0) is 61.7 Å². The van der Waals surface area contributed by atoms with E-state index in [4.69, 9.17) is 0 Å².